The number of aromatic hydroxyl groups is 1. The van der Waals surface area contributed by atoms with Crippen molar-refractivity contribution in [1.82, 2.24) is 9.97 Å². The maximum Gasteiger partial charge on any atom is 0.143 e. The molecule has 2 heterocycles. The SMILES string of the molecule is C/C=c1/cc(-c2nc(C)ccc2O)[nH]/c1=C/C. The van der Waals surface area contributed by atoms with E-state index in [1.54, 1.807) is 12.1 Å². The molecule has 0 aliphatic heterocycles. The molecule has 2 N–H and O–H groups in total. The van der Waals surface area contributed by atoms with E-state index in [4.69, 9.17) is 0 Å². The molecule has 0 aromatic carbocycles. The third-order valence-corrected chi connectivity index (χ3v) is 2.75. The lowest BCUT2D eigenvalue weighted by Crippen LogP contribution is -2.20. The fourth-order valence-electron chi connectivity index (χ4n) is 1.84. The van der Waals surface area contributed by atoms with Crippen molar-refractivity contribution in [2.75, 3.05) is 0 Å². The van der Waals surface area contributed by atoms with Gasteiger partial charge in [-0.05, 0) is 44.2 Å². The first kappa shape index (κ1) is 11.5. The van der Waals surface area contributed by atoms with Crippen LogP contribution in [0.5, 0.6) is 5.75 Å². The predicted octanol–water partition coefficient (Wildman–Crippen LogP) is 1.69. The van der Waals surface area contributed by atoms with Crippen LogP contribution in [0.4, 0.5) is 0 Å². The summed E-state index contributed by atoms with van der Waals surface area (Å²) in [5, 5.41) is 12.0. The molecule has 0 atom stereocenters. The average molecular weight is 228 g/mol. The summed E-state index contributed by atoms with van der Waals surface area (Å²) in [5.41, 5.74) is 2.32. The average Bonchev–Trinajstić information content (AvgIpc) is 2.75. The molecule has 3 heteroatoms. The van der Waals surface area contributed by atoms with Crippen molar-refractivity contribution >= 4 is 12.2 Å². The van der Waals surface area contributed by atoms with E-state index in [-0.39, 0.29) is 5.75 Å². The first-order valence-electron chi connectivity index (χ1n) is 5.64. The Bertz CT molecular complexity index is 622. The summed E-state index contributed by atoms with van der Waals surface area (Å²) in [6.07, 6.45) is 4.04. The molecule has 2 aromatic heterocycles. The summed E-state index contributed by atoms with van der Waals surface area (Å²) >= 11 is 0. The van der Waals surface area contributed by atoms with Crippen LogP contribution in [0, 0.1) is 6.92 Å². The van der Waals surface area contributed by atoms with Crippen LogP contribution >= 0.6 is 0 Å². The van der Waals surface area contributed by atoms with E-state index in [0.717, 1.165) is 22.0 Å². The van der Waals surface area contributed by atoms with E-state index in [1.807, 2.05) is 39.0 Å². The van der Waals surface area contributed by atoms with Gasteiger partial charge in [-0.2, -0.15) is 0 Å². The van der Waals surface area contributed by atoms with Crippen molar-refractivity contribution in [2.45, 2.75) is 20.8 Å². The van der Waals surface area contributed by atoms with Crippen LogP contribution in [0.25, 0.3) is 23.5 Å². The highest BCUT2D eigenvalue weighted by Gasteiger charge is 2.07. The summed E-state index contributed by atoms with van der Waals surface area (Å²) in [5.74, 6) is 0.196. The second kappa shape index (κ2) is 4.45. The highest BCUT2D eigenvalue weighted by Crippen LogP contribution is 2.23. The fraction of sp³-hybridized carbons (Fsp3) is 0.214. The summed E-state index contributed by atoms with van der Waals surface area (Å²) in [7, 11) is 0. The number of hydrogen-bond acceptors (Lipinski definition) is 2. The van der Waals surface area contributed by atoms with Gasteiger partial charge in [0, 0.05) is 11.0 Å². The van der Waals surface area contributed by atoms with Crippen molar-refractivity contribution in [3.8, 4) is 17.1 Å². The molecule has 0 aliphatic rings. The maximum absolute atomic E-state index is 9.83. The normalized spacial score (nSPS) is 13.4. The number of H-pyrrole nitrogens is 1. The molecule has 2 rings (SSSR count). The Labute approximate surface area is 100 Å². The van der Waals surface area contributed by atoms with Crippen molar-refractivity contribution < 1.29 is 5.11 Å². The van der Waals surface area contributed by atoms with Gasteiger partial charge in [0.15, 0.2) is 0 Å². The first-order valence-corrected chi connectivity index (χ1v) is 5.64. The monoisotopic (exact) mass is 228 g/mol. The molecule has 0 saturated carbocycles. The largest absolute Gasteiger partial charge is 0.506 e. The van der Waals surface area contributed by atoms with Gasteiger partial charge in [0.2, 0.25) is 0 Å². The fourth-order valence-corrected chi connectivity index (χ4v) is 1.84. The summed E-state index contributed by atoms with van der Waals surface area (Å²) < 4.78 is 0. The van der Waals surface area contributed by atoms with Crippen LogP contribution in [-0.2, 0) is 0 Å². The molecule has 0 bridgehead atoms. The molecule has 0 radical (unpaired) electrons. The molecule has 0 saturated heterocycles. The summed E-state index contributed by atoms with van der Waals surface area (Å²) in [4.78, 5) is 7.61. The van der Waals surface area contributed by atoms with Gasteiger partial charge in [0.1, 0.15) is 11.4 Å². The standard InChI is InChI=1S/C14H16N2O/c1-4-10-8-12(16-11(10)5-2)14-13(17)7-6-9(3)15-14/h4-8,16-17H,1-3H3/b10-4-,11-5+. The van der Waals surface area contributed by atoms with E-state index < -0.39 is 0 Å². The minimum Gasteiger partial charge on any atom is -0.506 e. The number of pyridine rings is 1. The lowest BCUT2D eigenvalue weighted by Gasteiger charge is -2.01. The zero-order chi connectivity index (χ0) is 12.4. The van der Waals surface area contributed by atoms with Gasteiger partial charge in [0.25, 0.3) is 0 Å². The molecule has 0 unspecified atom stereocenters. The van der Waals surface area contributed by atoms with E-state index in [0.29, 0.717) is 5.69 Å². The van der Waals surface area contributed by atoms with E-state index in [2.05, 4.69) is 9.97 Å². The molecule has 0 aliphatic carbocycles. The quantitative estimate of drug-likeness (QED) is 0.780. The summed E-state index contributed by atoms with van der Waals surface area (Å²) in [6, 6.07) is 5.46. The third kappa shape index (κ3) is 2.09. The second-order valence-electron chi connectivity index (χ2n) is 3.95. The van der Waals surface area contributed by atoms with Gasteiger partial charge in [-0.25, -0.2) is 4.98 Å². The third-order valence-electron chi connectivity index (χ3n) is 2.75. The number of nitrogens with zero attached hydrogens (tertiary/aromatic N) is 1. The number of rotatable bonds is 1. The Morgan fingerprint density at radius 2 is 2.00 bits per heavy atom. The topological polar surface area (TPSA) is 48.9 Å². The van der Waals surface area contributed by atoms with Crippen LogP contribution < -0.4 is 10.6 Å². The van der Waals surface area contributed by atoms with Crippen LogP contribution in [0.3, 0.4) is 0 Å². The Morgan fingerprint density at radius 3 is 2.59 bits per heavy atom. The minimum atomic E-state index is 0.196. The van der Waals surface area contributed by atoms with Crippen molar-refractivity contribution in [3.63, 3.8) is 0 Å². The number of nitrogens with one attached hydrogen (secondary N) is 1. The van der Waals surface area contributed by atoms with E-state index in [9.17, 15) is 5.11 Å². The lowest BCUT2D eigenvalue weighted by molar-refractivity contribution is 0.474. The van der Waals surface area contributed by atoms with Crippen LogP contribution in [0.15, 0.2) is 18.2 Å². The molecule has 0 spiro atoms. The van der Waals surface area contributed by atoms with Crippen LogP contribution in [-0.4, -0.2) is 15.1 Å². The number of aromatic nitrogens is 2. The Balaban J connectivity index is 2.70. The van der Waals surface area contributed by atoms with Crippen LogP contribution in [0.1, 0.15) is 19.5 Å². The van der Waals surface area contributed by atoms with Gasteiger partial charge in [-0.15, -0.1) is 0 Å². The highest BCUT2D eigenvalue weighted by molar-refractivity contribution is 5.63. The van der Waals surface area contributed by atoms with Gasteiger partial charge in [-0.3, -0.25) is 0 Å². The molecular weight excluding hydrogens is 212 g/mol. The van der Waals surface area contributed by atoms with Gasteiger partial charge in [0.05, 0.1) is 5.69 Å². The first-order chi connectivity index (χ1) is 8.15. The zero-order valence-electron chi connectivity index (χ0n) is 10.3. The smallest absolute Gasteiger partial charge is 0.143 e. The van der Waals surface area contributed by atoms with Crippen molar-refractivity contribution in [1.29, 1.82) is 0 Å². The molecular formula is C14H16N2O. The molecule has 2 aromatic rings. The lowest BCUT2D eigenvalue weighted by atomic mass is 10.2. The minimum absolute atomic E-state index is 0.196. The number of hydrogen-bond donors (Lipinski definition) is 2. The highest BCUT2D eigenvalue weighted by atomic mass is 16.3. The van der Waals surface area contributed by atoms with Crippen molar-refractivity contribution in [3.05, 3.63) is 34.5 Å². The van der Waals surface area contributed by atoms with Gasteiger partial charge < -0.3 is 10.1 Å². The summed E-state index contributed by atoms with van der Waals surface area (Å²) in [6.45, 7) is 5.88. The Hall–Kier alpha value is -2.03. The second-order valence-corrected chi connectivity index (χ2v) is 3.95. The van der Waals surface area contributed by atoms with Crippen LogP contribution in [0.2, 0.25) is 0 Å². The maximum atomic E-state index is 9.83. The van der Waals surface area contributed by atoms with E-state index in [1.165, 1.54) is 0 Å². The zero-order valence-corrected chi connectivity index (χ0v) is 10.3. The van der Waals surface area contributed by atoms with Crippen molar-refractivity contribution in [2.24, 2.45) is 0 Å². The molecule has 0 amide bonds. The predicted molar refractivity (Wildman–Crippen MR) is 70.0 cm³/mol. The molecule has 88 valence electrons. The Morgan fingerprint density at radius 1 is 1.24 bits per heavy atom. The van der Waals surface area contributed by atoms with E-state index >= 15 is 0 Å². The number of aromatic amines is 1. The molecule has 0 fully saturated rings. The van der Waals surface area contributed by atoms with Gasteiger partial charge >= 0.3 is 0 Å². The Kier molecular flexibility index (Phi) is 3.00. The van der Waals surface area contributed by atoms with Gasteiger partial charge in [-0.1, -0.05) is 12.2 Å². The number of aryl methyl sites for hydroxylation is 1. The molecule has 3 nitrogen and oxygen atoms in total. The molecule has 17 heavy (non-hydrogen) atoms.